The molecule has 0 saturated carbocycles. The lowest BCUT2D eigenvalue weighted by atomic mass is 10.2. The quantitative estimate of drug-likeness (QED) is 0.550. The molecule has 3 rings (SSSR count). The Morgan fingerprint density at radius 1 is 1.17 bits per heavy atom. The Morgan fingerprint density at radius 2 is 1.90 bits per heavy atom. The fourth-order valence-corrected chi connectivity index (χ4v) is 4.85. The smallest absolute Gasteiger partial charge is 0.240 e. The molecule has 3 aromatic rings. The minimum atomic E-state index is -3.65. The van der Waals surface area contributed by atoms with Crippen LogP contribution in [0, 0.1) is 19.8 Å². The van der Waals surface area contributed by atoms with E-state index < -0.39 is 10.0 Å². The molecule has 2 heterocycles. The Labute approximate surface area is 176 Å². The molecule has 1 atom stereocenters. The van der Waals surface area contributed by atoms with Gasteiger partial charge in [-0.1, -0.05) is 19.9 Å². The van der Waals surface area contributed by atoms with Crippen molar-refractivity contribution < 1.29 is 13.2 Å². The molecule has 2 aromatic heterocycles. The highest BCUT2D eigenvalue weighted by Gasteiger charge is 2.22. The second-order valence-electron chi connectivity index (χ2n) is 7.43. The van der Waals surface area contributed by atoms with Crippen LogP contribution in [-0.4, -0.2) is 31.3 Å². The van der Waals surface area contributed by atoms with Crippen molar-refractivity contribution in [2.45, 2.75) is 38.6 Å². The summed E-state index contributed by atoms with van der Waals surface area (Å²) in [4.78, 5) is 1.27. The summed E-state index contributed by atoms with van der Waals surface area (Å²) in [7, 11) is -3.65. The van der Waals surface area contributed by atoms with Gasteiger partial charge in [0.25, 0.3) is 0 Å². The maximum atomic E-state index is 12.8. The molecule has 0 spiro atoms. The fourth-order valence-electron chi connectivity index (χ4n) is 3.00. The van der Waals surface area contributed by atoms with Crippen LogP contribution >= 0.6 is 11.3 Å². The first kappa shape index (κ1) is 21.5. The number of aryl methyl sites for hydroxylation is 2. The van der Waals surface area contributed by atoms with Crippen molar-refractivity contribution in [3.05, 3.63) is 64.1 Å². The van der Waals surface area contributed by atoms with Crippen LogP contribution in [0.2, 0.25) is 0 Å². The number of rotatable bonds is 9. The van der Waals surface area contributed by atoms with Crippen molar-refractivity contribution in [3.8, 4) is 5.75 Å². The van der Waals surface area contributed by atoms with E-state index in [2.05, 4.69) is 23.7 Å². The zero-order valence-electron chi connectivity index (χ0n) is 17.1. The lowest BCUT2D eigenvalue weighted by molar-refractivity contribution is 0.271. The van der Waals surface area contributed by atoms with Gasteiger partial charge in [0.1, 0.15) is 5.75 Å². The van der Waals surface area contributed by atoms with Gasteiger partial charge in [0.2, 0.25) is 10.0 Å². The Morgan fingerprint density at radius 3 is 2.45 bits per heavy atom. The highest BCUT2D eigenvalue weighted by molar-refractivity contribution is 7.89. The summed E-state index contributed by atoms with van der Waals surface area (Å²) >= 11 is 1.59. The Kier molecular flexibility index (Phi) is 6.77. The molecule has 156 valence electrons. The second kappa shape index (κ2) is 9.11. The van der Waals surface area contributed by atoms with E-state index in [1.807, 2.05) is 42.1 Å². The van der Waals surface area contributed by atoms with E-state index >= 15 is 0 Å². The van der Waals surface area contributed by atoms with Crippen LogP contribution in [0.5, 0.6) is 5.75 Å². The van der Waals surface area contributed by atoms with E-state index in [9.17, 15) is 8.42 Å². The van der Waals surface area contributed by atoms with Crippen molar-refractivity contribution in [1.82, 2.24) is 14.5 Å². The molecule has 0 aliphatic rings. The van der Waals surface area contributed by atoms with Gasteiger partial charge in [-0.05, 0) is 61.5 Å². The van der Waals surface area contributed by atoms with Crippen molar-refractivity contribution in [2.75, 3.05) is 13.2 Å². The first-order valence-corrected chi connectivity index (χ1v) is 11.9. The molecule has 1 N–H and O–H groups in total. The predicted molar refractivity (Wildman–Crippen MR) is 116 cm³/mol. The van der Waals surface area contributed by atoms with Gasteiger partial charge in [0.05, 0.1) is 23.2 Å². The molecule has 1 aromatic carbocycles. The van der Waals surface area contributed by atoms with Crippen molar-refractivity contribution in [1.29, 1.82) is 0 Å². The topological polar surface area (TPSA) is 73.2 Å². The minimum absolute atomic E-state index is 0.202. The van der Waals surface area contributed by atoms with Crippen LogP contribution in [0.1, 0.15) is 36.2 Å². The van der Waals surface area contributed by atoms with Crippen molar-refractivity contribution in [3.63, 3.8) is 0 Å². The van der Waals surface area contributed by atoms with Gasteiger partial charge in [-0.3, -0.25) is 4.68 Å². The number of nitrogens with zero attached hydrogens (tertiary/aromatic N) is 2. The largest absolute Gasteiger partial charge is 0.493 e. The second-order valence-corrected chi connectivity index (χ2v) is 10.2. The molecule has 0 saturated heterocycles. The summed E-state index contributed by atoms with van der Waals surface area (Å²) in [5.74, 6) is 1.07. The third kappa shape index (κ3) is 5.46. The SMILES string of the molecule is Cc1cc(C)n(C(CNS(=O)(=O)c2ccc(OCC(C)C)cc2)c2cccs2)n1. The Bertz CT molecular complexity index is 1020. The summed E-state index contributed by atoms with van der Waals surface area (Å²) in [5, 5.41) is 6.54. The van der Waals surface area contributed by atoms with Gasteiger partial charge in [-0.25, -0.2) is 13.1 Å². The standard InChI is InChI=1S/C21H27N3O3S2/c1-15(2)14-27-18-7-9-19(10-8-18)29(25,26)22-13-20(21-6-5-11-28-21)24-17(4)12-16(3)23-24/h5-12,15,20,22H,13-14H2,1-4H3. The Balaban J connectivity index is 1.75. The number of hydrogen-bond acceptors (Lipinski definition) is 5. The molecule has 8 heteroatoms. The van der Waals surface area contributed by atoms with E-state index in [1.165, 1.54) is 0 Å². The first-order chi connectivity index (χ1) is 13.8. The van der Waals surface area contributed by atoms with Gasteiger partial charge >= 0.3 is 0 Å². The van der Waals surface area contributed by atoms with E-state index in [4.69, 9.17) is 4.74 Å². The Hall–Kier alpha value is -2.16. The zero-order chi connectivity index (χ0) is 21.0. The summed E-state index contributed by atoms with van der Waals surface area (Å²) in [5.41, 5.74) is 1.90. The first-order valence-electron chi connectivity index (χ1n) is 9.55. The van der Waals surface area contributed by atoms with Gasteiger partial charge in [-0.2, -0.15) is 5.10 Å². The van der Waals surface area contributed by atoms with Crippen LogP contribution < -0.4 is 9.46 Å². The normalized spacial score (nSPS) is 13.0. The number of aromatic nitrogens is 2. The third-order valence-corrected chi connectivity index (χ3v) is 6.81. The predicted octanol–water partition coefficient (Wildman–Crippen LogP) is 4.16. The zero-order valence-corrected chi connectivity index (χ0v) is 18.8. The molecule has 0 amide bonds. The van der Waals surface area contributed by atoms with E-state index in [0.29, 0.717) is 18.3 Å². The van der Waals surface area contributed by atoms with Crippen LogP contribution in [0.15, 0.2) is 52.7 Å². The maximum Gasteiger partial charge on any atom is 0.240 e. The van der Waals surface area contributed by atoms with Gasteiger partial charge in [-0.15, -0.1) is 11.3 Å². The molecule has 6 nitrogen and oxygen atoms in total. The number of nitrogens with one attached hydrogen (secondary N) is 1. The monoisotopic (exact) mass is 433 g/mol. The van der Waals surface area contributed by atoms with E-state index in [-0.39, 0.29) is 17.5 Å². The van der Waals surface area contributed by atoms with E-state index in [0.717, 1.165) is 16.3 Å². The molecule has 1 unspecified atom stereocenters. The molecule has 0 aliphatic carbocycles. The van der Waals surface area contributed by atoms with Crippen LogP contribution in [0.25, 0.3) is 0 Å². The molecular weight excluding hydrogens is 406 g/mol. The van der Waals surface area contributed by atoms with Crippen molar-refractivity contribution in [2.24, 2.45) is 5.92 Å². The number of hydrogen-bond donors (Lipinski definition) is 1. The molecule has 0 aliphatic heterocycles. The number of thiophene rings is 1. The summed E-state index contributed by atoms with van der Waals surface area (Å²) in [6.45, 7) is 8.85. The van der Waals surface area contributed by atoms with Gasteiger partial charge < -0.3 is 4.74 Å². The number of sulfonamides is 1. The van der Waals surface area contributed by atoms with Gasteiger partial charge in [0, 0.05) is 17.1 Å². The summed E-state index contributed by atoms with van der Waals surface area (Å²) in [6.07, 6.45) is 0. The third-order valence-electron chi connectivity index (χ3n) is 4.40. The van der Waals surface area contributed by atoms with E-state index in [1.54, 1.807) is 35.6 Å². The average molecular weight is 434 g/mol. The van der Waals surface area contributed by atoms with Crippen molar-refractivity contribution >= 4 is 21.4 Å². The lowest BCUT2D eigenvalue weighted by Gasteiger charge is -2.19. The average Bonchev–Trinajstić information content (AvgIpc) is 3.31. The maximum absolute atomic E-state index is 12.8. The molecule has 0 fully saturated rings. The summed E-state index contributed by atoms with van der Waals surface area (Å²) in [6, 6.07) is 12.3. The molecule has 0 radical (unpaired) electrons. The van der Waals surface area contributed by atoms with Crippen LogP contribution in [-0.2, 0) is 10.0 Å². The molecular formula is C21H27N3O3S2. The highest BCUT2D eigenvalue weighted by Crippen LogP contribution is 2.25. The highest BCUT2D eigenvalue weighted by atomic mass is 32.2. The van der Waals surface area contributed by atoms with Crippen LogP contribution in [0.3, 0.4) is 0 Å². The lowest BCUT2D eigenvalue weighted by Crippen LogP contribution is -2.32. The molecule has 29 heavy (non-hydrogen) atoms. The van der Waals surface area contributed by atoms with Crippen LogP contribution in [0.4, 0.5) is 0 Å². The van der Waals surface area contributed by atoms with Gasteiger partial charge in [0.15, 0.2) is 0 Å². The number of ether oxygens (including phenoxy) is 1. The summed E-state index contributed by atoms with van der Waals surface area (Å²) < 4.78 is 35.9. The molecule has 0 bridgehead atoms. The number of benzene rings is 1. The minimum Gasteiger partial charge on any atom is -0.493 e. The fraction of sp³-hybridized carbons (Fsp3) is 0.381.